The molecule has 0 saturated heterocycles. The SMILES string of the molecule is CCc1nn(C)c2c1nc(CCCl)n2CCc1nccs1. The highest BCUT2D eigenvalue weighted by Gasteiger charge is 2.18. The summed E-state index contributed by atoms with van der Waals surface area (Å²) in [7, 11) is 1.98. The van der Waals surface area contributed by atoms with Crippen LogP contribution in [0.1, 0.15) is 23.4 Å². The molecule has 21 heavy (non-hydrogen) atoms. The fourth-order valence-corrected chi connectivity index (χ4v) is 3.40. The molecule has 3 rings (SSSR count). The first-order chi connectivity index (χ1) is 10.2. The second-order valence-electron chi connectivity index (χ2n) is 4.89. The molecule has 0 fully saturated rings. The number of hydrogen-bond donors (Lipinski definition) is 0. The van der Waals surface area contributed by atoms with Gasteiger partial charge in [-0.25, -0.2) is 9.97 Å². The molecule has 0 aliphatic carbocycles. The second-order valence-corrected chi connectivity index (χ2v) is 6.25. The molecule has 112 valence electrons. The van der Waals surface area contributed by atoms with Crippen molar-refractivity contribution in [3.63, 3.8) is 0 Å². The predicted molar refractivity (Wildman–Crippen MR) is 86.1 cm³/mol. The van der Waals surface area contributed by atoms with Crippen LogP contribution < -0.4 is 0 Å². The zero-order chi connectivity index (χ0) is 14.8. The van der Waals surface area contributed by atoms with Crippen molar-refractivity contribution in [2.24, 2.45) is 7.05 Å². The van der Waals surface area contributed by atoms with Crippen LogP contribution in [-0.4, -0.2) is 30.2 Å². The number of aryl methyl sites for hydroxylation is 5. The third-order valence-corrected chi connectivity index (χ3v) is 4.58. The van der Waals surface area contributed by atoms with Crippen molar-refractivity contribution in [1.29, 1.82) is 0 Å². The number of alkyl halides is 1. The van der Waals surface area contributed by atoms with E-state index in [0.29, 0.717) is 5.88 Å². The van der Waals surface area contributed by atoms with Gasteiger partial charge in [-0.15, -0.1) is 22.9 Å². The van der Waals surface area contributed by atoms with Gasteiger partial charge in [-0.3, -0.25) is 4.68 Å². The van der Waals surface area contributed by atoms with E-state index in [0.717, 1.165) is 53.5 Å². The summed E-state index contributed by atoms with van der Waals surface area (Å²) in [6, 6.07) is 0. The minimum absolute atomic E-state index is 0.579. The lowest BCUT2D eigenvalue weighted by Crippen LogP contribution is -2.10. The van der Waals surface area contributed by atoms with Crippen LogP contribution in [0.5, 0.6) is 0 Å². The molecule has 0 N–H and O–H groups in total. The van der Waals surface area contributed by atoms with Crippen LogP contribution in [0.25, 0.3) is 11.2 Å². The highest BCUT2D eigenvalue weighted by Crippen LogP contribution is 2.21. The van der Waals surface area contributed by atoms with Gasteiger partial charge in [0.05, 0.1) is 10.7 Å². The molecule has 3 aromatic heterocycles. The zero-order valence-electron chi connectivity index (χ0n) is 12.2. The number of imidazole rings is 1. The first-order valence-corrected chi connectivity index (χ1v) is 8.51. The fourth-order valence-electron chi connectivity index (χ4n) is 2.62. The van der Waals surface area contributed by atoms with Gasteiger partial charge in [0.25, 0.3) is 0 Å². The van der Waals surface area contributed by atoms with Crippen LogP contribution in [0.15, 0.2) is 11.6 Å². The Bertz CT molecular complexity index is 728. The monoisotopic (exact) mass is 323 g/mol. The van der Waals surface area contributed by atoms with Gasteiger partial charge in [-0.2, -0.15) is 5.10 Å². The van der Waals surface area contributed by atoms with Crippen LogP contribution in [0.2, 0.25) is 0 Å². The summed E-state index contributed by atoms with van der Waals surface area (Å²) < 4.78 is 4.17. The van der Waals surface area contributed by atoms with Gasteiger partial charge < -0.3 is 4.57 Å². The summed E-state index contributed by atoms with van der Waals surface area (Å²) in [6.07, 6.45) is 4.42. The summed E-state index contributed by atoms with van der Waals surface area (Å²) in [5.41, 5.74) is 3.15. The number of thiazole rings is 1. The number of rotatable bonds is 6. The maximum Gasteiger partial charge on any atom is 0.158 e. The third kappa shape index (κ3) is 2.70. The first-order valence-electron chi connectivity index (χ1n) is 7.10. The molecular weight excluding hydrogens is 306 g/mol. The van der Waals surface area contributed by atoms with E-state index in [1.165, 1.54) is 0 Å². The van der Waals surface area contributed by atoms with E-state index in [1.807, 2.05) is 23.3 Å². The Morgan fingerprint density at radius 1 is 1.33 bits per heavy atom. The highest BCUT2D eigenvalue weighted by molar-refractivity contribution is 7.09. The molecule has 7 heteroatoms. The molecule has 0 aliphatic heterocycles. The summed E-state index contributed by atoms with van der Waals surface area (Å²) in [6.45, 7) is 2.97. The molecule has 0 aromatic carbocycles. The smallest absolute Gasteiger partial charge is 0.158 e. The van der Waals surface area contributed by atoms with Gasteiger partial charge in [0.2, 0.25) is 0 Å². The Morgan fingerprint density at radius 3 is 2.86 bits per heavy atom. The predicted octanol–water partition coefficient (Wildman–Crippen LogP) is 2.81. The van der Waals surface area contributed by atoms with E-state index in [9.17, 15) is 0 Å². The van der Waals surface area contributed by atoms with Crippen molar-refractivity contribution in [3.8, 4) is 0 Å². The average molecular weight is 324 g/mol. The fraction of sp³-hybridized carbons (Fsp3) is 0.500. The van der Waals surface area contributed by atoms with E-state index in [4.69, 9.17) is 16.6 Å². The Kier molecular flexibility index (Phi) is 4.26. The van der Waals surface area contributed by atoms with E-state index >= 15 is 0 Å². The van der Waals surface area contributed by atoms with Crippen LogP contribution in [0, 0.1) is 0 Å². The number of fused-ring (bicyclic) bond motifs is 1. The second kappa shape index (κ2) is 6.15. The third-order valence-electron chi connectivity index (χ3n) is 3.56. The maximum absolute atomic E-state index is 5.93. The minimum Gasteiger partial charge on any atom is -0.312 e. The van der Waals surface area contributed by atoms with Crippen molar-refractivity contribution >= 4 is 34.1 Å². The molecule has 0 amide bonds. The zero-order valence-corrected chi connectivity index (χ0v) is 13.8. The summed E-state index contributed by atoms with van der Waals surface area (Å²) >= 11 is 7.62. The molecule has 5 nitrogen and oxygen atoms in total. The molecule has 0 spiro atoms. The lowest BCUT2D eigenvalue weighted by atomic mass is 10.3. The molecule has 0 radical (unpaired) electrons. The van der Waals surface area contributed by atoms with Crippen LogP contribution in [-0.2, 0) is 32.9 Å². The maximum atomic E-state index is 5.93. The highest BCUT2D eigenvalue weighted by atomic mass is 35.5. The number of nitrogens with zero attached hydrogens (tertiary/aromatic N) is 5. The van der Waals surface area contributed by atoms with E-state index in [2.05, 4.69) is 21.6 Å². The van der Waals surface area contributed by atoms with Crippen molar-refractivity contribution in [1.82, 2.24) is 24.3 Å². The average Bonchev–Trinajstić information content (AvgIpc) is 3.16. The Hall–Kier alpha value is -1.40. The molecule has 0 aliphatic rings. The van der Waals surface area contributed by atoms with Crippen molar-refractivity contribution in [2.75, 3.05) is 5.88 Å². The molecule has 3 heterocycles. The molecule has 0 unspecified atom stereocenters. The quantitative estimate of drug-likeness (QED) is 0.655. The van der Waals surface area contributed by atoms with Crippen molar-refractivity contribution in [3.05, 3.63) is 28.1 Å². The van der Waals surface area contributed by atoms with Crippen molar-refractivity contribution in [2.45, 2.75) is 32.7 Å². The molecule has 0 saturated carbocycles. The van der Waals surface area contributed by atoms with Crippen LogP contribution in [0.4, 0.5) is 0 Å². The number of aromatic nitrogens is 5. The van der Waals surface area contributed by atoms with Crippen LogP contribution in [0.3, 0.4) is 0 Å². The first kappa shape index (κ1) is 14.5. The summed E-state index contributed by atoms with van der Waals surface area (Å²) in [5.74, 6) is 1.62. The van der Waals surface area contributed by atoms with Gasteiger partial charge in [0.15, 0.2) is 5.65 Å². The minimum atomic E-state index is 0.579. The lowest BCUT2D eigenvalue weighted by Gasteiger charge is -2.07. The Labute approximate surface area is 132 Å². The number of hydrogen-bond acceptors (Lipinski definition) is 4. The van der Waals surface area contributed by atoms with Gasteiger partial charge >= 0.3 is 0 Å². The van der Waals surface area contributed by atoms with Gasteiger partial charge in [-0.1, -0.05) is 6.92 Å². The largest absolute Gasteiger partial charge is 0.312 e. The van der Waals surface area contributed by atoms with E-state index in [-0.39, 0.29) is 0 Å². The molecule has 3 aromatic rings. The Balaban J connectivity index is 2.00. The number of halogens is 1. The van der Waals surface area contributed by atoms with Gasteiger partial charge in [0, 0.05) is 43.9 Å². The normalized spacial score (nSPS) is 11.6. The topological polar surface area (TPSA) is 48.5 Å². The van der Waals surface area contributed by atoms with Crippen LogP contribution >= 0.6 is 22.9 Å². The molecular formula is C14H18ClN5S. The standard InChI is InChI=1S/C14H18ClN5S/c1-3-10-13-14(19(2)18-10)20(11(17-13)4-6-15)8-5-12-16-7-9-21-12/h7,9H,3-6,8H2,1-2H3. The van der Waals surface area contributed by atoms with Crippen molar-refractivity contribution < 1.29 is 0 Å². The Morgan fingerprint density at radius 2 is 2.19 bits per heavy atom. The summed E-state index contributed by atoms with van der Waals surface area (Å²) in [4.78, 5) is 9.12. The van der Waals surface area contributed by atoms with E-state index < -0.39 is 0 Å². The van der Waals surface area contributed by atoms with Gasteiger partial charge in [0.1, 0.15) is 11.3 Å². The molecule has 0 atom stereocenters. The lowest BCUT2D eigenvalue weighted by molar-refractivity contribution is 0.639. The molecule has 0 bridgehead atoms. The summed E-state index contributed by atoms with van der Waals surface area (Å²) in [5, 5.41) is 7.72. The van der Waals surface area contributed by atoms with E-state index in [1.54, 1.807) is 11.3 Å². The van der Waals surface area contributed by atoms with Gasteiger partial charge in [-0.05, 0) is 6.42 Å².